The Hall–Kier alpha value is -0.160. The third-order valence-electron chi connectivity index (χ3n) is 3.68. The summed E-state index contributed by atoms with van der Waals surface area (Å²) in [5.41, 5.74) is 0. The van der Waals surface area contributed by atoms with Crippen LogP contribution in [0.1, 0.15) is 33.1 Å². The van der Waals surface area contributed by atoms with Crippen molar-refractivity contribution in [2.45, 2.75) is 45.2 Å². The van der Waals surface area contributed by atoms with Gasteiger partial charge in [-0.1, -0.05) is 20.3 Å². The van der Waals surface area contributed by atoms with Crippen molar-refractivity contribution >= 4 is 0 Å². The van der Waals surface area contributed by atoms with Gasteiger partial charge in [-0.2, -0.15) is 0 Å². The number of methoxy groups -OCH3 is 1. The second kappa shape index (κ2) is 9.73. The first-order valence-electron chi connectivity index (χ1n) is 7.35. The van der Waals surface area contributed by atoms with Gasteiger partial charge in [-0.25, -0.2) is 0 Å². The standard InChI is InChI=1S/C14H30N2O2/c1-4-6-13-12-16(14(5-2)11-15-13)7-8-18-10-9-17-3/h13-15H,4-12H2,1-3H3. The van der Waals surface area contributed by atoms with Gasteiger partial charge in [0.1, 0.15) is 0 Å². The Bertz CT molecular complexity index is 202. The van der Waals surface area contributed by atoms with Crippen molar-refractivity contribution in [2.24, 2.45) is 0 Å². The molecule has 1 N–H and O–H groups in total. The highest BCUT2D eigenvalue weighted by Crippen LogP contribution is 2.12. The predicted octanol–water partition coefficient (Wildman–Crippen LogP) is 1.50. The molecule has 0 aliphatic carbocycles. The van der Waals surface area contributed by atoms with E-state index in [0.717, 1.165) is 19.7 Å². The number of nitrogens with zero attached hydrogens (tertiary/aromatic N) is 1. The zero-order chi connectivity index (χ0) is 13.2. The van der Waals surface area contributed by atoms with Crippen molar-refractivity contribution in [1.29, 1.82) is 0 Å². The summed E-state index contributed by atoms with van der Waals surface area (Å²) in [4.78, 5) is 2.59. The predicted molar refractivity (Wildman–Crippen MR) is 75.0 cm³/mol. The topological polar surface area (TPSA) is 33.7 Å². The maximum Gasteiger partial charge on any atom is 0.0700 e. The van der Waals surface area contributed by atoms with Crippen LogP contribution in [-0.4, -0.2) is 63.5 Å². The molecule has 18 heavy (non-hydrogen) atoms. The Kier molecular flexibility index (Phi) is 8.59. The number of nitrogens with one attached hydrogen (secondary N) is 1. The Labute approximate surface area is 112 Å². The number of piperazine rings is 1. The molecule has 4 heteroatoms. The molecule has 0 amide bonds. The Morgan fingerprint density at radius 3 is 2.72 bits per heavy atom. The van der Waals surface area contributed by atoms with E-state index in [1.165, 1.54) is 25.8 Å². The van der Waals surface area contributed by atoms with Crippen LogP contribution in [0.3, 0.4) is 0 Å². The molecule has 1 heterocycles. The maximum atomic E-state index is 5.58. The van der Waals surface area contributed by atoms with Crippen molar-refractivity contribution < 1.29 is 9.47 Å². The molecule has 1 rings (SSSR count). The Balaban J connectivity index is 2.24. The highest BCUT2D eigenvalue weighted by molar-refractivity contribution is 4.85. The summed E-state index contributed by atoms with van der Waals surface area (Å²) in [6, 6.07) is 1.33. The molecular weight excluding hydrogens is 228 g/mol. The first-order valence-corrected chi connectivity index (χ1v) is 7.35. The fourth-order valence-electron chi connectivity index (χ4n) is 2.57. The minimum atomic E-state index is 0.664. The Morgan fingerprint density at radius 1 is 1.22 bits per heavy atom. The molecule has 2 atom stereocenters. The molecule has 1 aliphatic rings. The first-order chi connectivity index (χ1) is 8.81. The molecule has 0 bridgehead atoms. The second-order valence-electron chi connectivity index (χ2n) is 5.06. The second-order valence-corrected chi connectivity index (χ2v) is 5.06. The highest BCUT2D eigenvalue weighted by atomic mass is 16.5. The van der Waals surface area contributed by atoms with Crippen LogP contribution < -0.4 is 5.32 Å². The lowest BCUT2D eigenvalue weighted by atomic mass is 10.0. The van der Waals surface area contributed by atoms with E-state index < -0.39 is 0 Å². The van der Waals surface area contributed by atoms with E-state index in [9.17, 15) is 0 Å². The van der Waals surface area contributed by atoms with E-state index in [4.69, 9.17) is 9.47 Å². The smallest absolute Gasteiger partial charge is 0.0700 e. The van der Waals surface area contributed by atoms with Gasteiger partial charge in [0.25, 0.3) is 0 Å². The van der Waals surface area contributed by atoms with Crippen LogP contribution in [-0.2, 0) is 9.47 Å². The highest BCUT2D eigenvalue weighted by Gasteiger charge is 2.25. The zero-order valence-corrected chi connectivity index (χ0v) is 12.3. The van der Waals surface area contributed by atoms with E-state index in [0.29, 0.717) is 25.3 Å². The SMILES string of the molecule is CCCC1CN(CCOCCOC)C(CC)CN1. The summed E-state index contributed by atoms with van der Waals surface area (Å²) >= 11 is 0. The molecule has 0 aromatic rings. The fraction of sp³-hybridized carbons (Fsp3) is 1.00. The van der Waals surface area contributed by atoms with E-state index in [2.05, 4.69) is 24.1 Å². The maximum absolute atomic E-state index is 5.58. The minimum absolute atomic E-state index is 0.664. The van der Waals surface area contributed by atoms with Gasteiger partial charge in [-0.15, -0.1) is 0 Å². The minimum Gasteiger partial charge on any atom is -0.382 e. The van der Waals surface area contributed by atoms with Crippen LogP contribution in [0.4, 0.5) is 0 Å². The summed E-state index contributed by atoms with van der Waals surface area (Å²) in [5.74, 6) is 0. The van der Waals surface area contributed by atoms with Crippen molar-refractivity contribution in [1.82, 2.24) is 10.2 Å². The summed E-state index contributed by atoms with van der Waals surface area (Å²) < 4.78 is 10.6. The molecule has 4 nitrogen and oxygen atoms in total. The largest absolute Gasteiger partial charge is 0.382 e. The molecule has 0 spiro atoms. The van der Waals surface area contributed by atoms with Crippen molar-refractivity contribution in [3.05, 3.63) is 0 Å². The molecule has 0 aromatic carbocycles. The molecule has 1 saturated heterocycles. The van der Waals surface area contributed by atoms with Crippen LogP contribution in [0.5, 0.6) is 0 Å². The van der Waals surface area contributed by atoms with E-state index in [-0.39, 0.29) is 0 Å². The van der Waals surface area contributed by atoms with Gasteiger partial charge in [0.15, 0.2) is 0 Å². The van der Waals surface area contributed by atoms with Crippen molar-refractivity contribution in [3.63, 3.8) is 0 Å². The third kappa shape index (κ3) is 5.65. The summed E-state index contributed by atoms with van der Waals surface area (Å²) in [6.45, 7) is 10.1. The van der Waals surface area contributed by atoms with Gasteiger partial charge in [-0.05, 0) is 12.8 Å². The van der Waals surface area contributed by atoms with Crippen molar-refractivity contribution in [2.75, 3.05) is 46.6 Å². The van der Waals surface area contributed by atoms with E-state index in [1.54, 1.807) is 7.11 Å². The van der Waals surface area contributed by atoms with Crippen LogP contribution in [0, 0.1) is 0 Å². The van der Waals surface area contributed by atoms with Crippen LogP contribution in [0.25, 0.3) is 0 Å². The number of hydrogen-bond donors (Lipinski definition) is 1. The van der Waals surface area contributed by atoms with Crippen LogP contribution in [0.15, 0.2) is 0 Å². The molecule has 0 aromatic heterocycles. The monoisotopic (exact) mass is 258 g/mol. The van der Waals surface area contributed by atoms with Gasteiger partial charge < -0.3 is 14.8 Å². The third-order valence-corrected chi connectivity index (χ3v) is 3.68. The molecule has 108 valence electrons. The van der Waals surface area contributed by atoms with E-state index in [1.807, 2.05) is 0 Å². The van der Waals surface area contributed by atoms with Crippen LogP contribution in [0.2, 0.25) is 0 Å². The number of rotatable bonds is 9. The average Bonchev–Trinajstić information content (AvgIpc) is 2.39. The lowest BCUT2D eigenvalue weighted by Gasteiger charge is -2.40. The van der Waals surface area contributed by atoms with Gasteiger partial charge in [0.05, 0.1) is 19.8 Å². The summed E-state index contributed by atoms with van der Waals surface area (Å²) in [6.07, 6.45) is 3.74. The molecule has 0 radical (unpaired) electrons. The van der Waals surface area contributed by atoms with Gasteiger partial charge >= 0.3 is 0 Å². The van der Waals surface area contributed by atoms with Gasteiger partial charge in [0, 0.05) is 38.8 Å². The Morgan fingerprint density at radius 2 is 2.06 bits per heavy atom. The summed E-state index contributed by atoms with van der Waals surface area (Å²) in [7, 11) is 1.71. The number of ether oxygens (including phenoxy) is 2. The fourth-order valence-corrected chi connectivity index (χ4v) is 2.57. The van der Waals surface area contributed by atoms with Gasteiger partial charge in [0.2, 0.25) is 0 Å². The zero-order valence-electron chi connectivity index (χ0n) is 12.3. The molecular formula is C14H30N2O2. The molecule has 1 aliphatic heterocycles. The number of hydrogen-bond acceptors (Lipinski definition) is 4. The lowest BCUT2D eigenvalue weighted by molar-refractivity contribution is 0.0380. The average molecular weight is 258 g/mol. The van der Waals surface area contributed by atoms with Gasteiger partial charge in [-0.3, -0.25) is 4.90 Å². The molecule has 0 saturated carbocycles. The molecule has 2 unspecified atom stereocenters. The summed E-state index contributed by atoms with van der Waals surface area (Å²) in [5, 5.41) is 3.66. The van der Waals surface area contributed by atoms with Crippen molar-refractivity contribution in [3.8, 4) is 0 Å². The van der Waals surface area contributed by atoms with Crippen LogP contribution >= 0.6 is 0 Å². The quantitative estimate of drug-likeness (QED) is 0.636. The first kappa shape index (κ1) is 15.9. The van der Waals surface area contributed by atoms with E-state index >= 15 is 0 Å². The lowest BCUT2D eigenvalue weighted by Crippen LogP contribution is -2.56. The molecule has 1 fully saturated rings. The normalized spacial score (nSPS) is 25.5.